The molecule has 7 nitrogen and oxygen atoms in total. The van der Waals surface area contributed by atoms with E-state index in [4.69, 9.17) is 0 Å². The van der Waals surface area contributed by atoms with Crippen LogP contribution in [0, 0.1) is 18.8 Å². The van der Waals surface area contributed by atoms with Crippen molar-refractivity contribution in [1.82, 2.24) is 20.1 Å². The SMILES string of the molecule is Cc1nc(NC(=O)C2CCC(NC(=O)CC3CCCC3)CC2)nn1C. The third-order valence-corrected chi connectivity index (χ3v) is 5.63. The molecule has 0 radical (unpaired) electrons. The Morgan fingerprint density at radius 1 is 1.12 bits per heavy atom. The Balaban J connectivity index is 1.40. The summed E-state index contributed by atoms with van der Waals surface area (Å²) in [6, 6.07) is 0.216. The Bertz CT molecular complexity index is 593. The van der Waals surface area contributed by atoms with Crippen molar-refractivity contribution in [2.24, 2.45) is 18.9 Å². The number of rotatable bonds is 5. The van der Waals surface area contributed by atoms with Crippen LogP contribution in [0.15, 0.2) is 0 Å². The first-order chi connectivity index (χ1) is 12.0. The quantitative estimate of drug-likeness (QED) is 0.855. The molecule has 2 aliphatic carbocycles. The lowest BCUT2D eigenvalue weighted by molar-refractivity contribution is -0.123. The summed E-state index contributed by atoms with van der Waals surface area (Å²) in [5.41, 5.74) is 0. The average molecular weight is 347 g/mol. The fraction of sp³-hybridized carbons (Fsp3) is 0.778. The van der Waals surface area contributed by atoms with Crippen molar-refractivity contribution in [3.05, 3.63) is 5.82 Å². The topological polar surface area (TPSA) is 88.9 Å². The molecule has 0 bridgehead atoms. The molecule has 0 spiro atoms. The first-order valence-electron chi connectivity index (χ1n) is 9.49. The van der Waals surface area contributed by atoms with E-state index in [9.17, 15) is 9.59 Å². The molecule has 138 valence electrons. The van der Waals surface area contributed by atoms with Crippen LogP contribution in [-0.2, 0) is 16.6 Å². The van der Waals surface area contributed by atoms with Crippen molar-refractivity contribution in [3.8, 4) is 0 Å². The van der Waals surface area contributed by atoms with Gasteiger partial charge < -0.3 is 5.32 Å². The lowest BCUT2D eigenvalue weighted by Gasteiger charge is -2.28. The van der Waals surface area contributed by atoms with E-state index >= 15 is 0 Å². The molecular weight excluding hydrogens is 318 g/mol. The van der Waals surface area contributed by atoms with Gasteiger partial charge in [0.25, 0.3) is 0 Å². The molecule has 2 amide bonds. The minimum atomic E-state index is -0.0212. The van der Waals surface area contributed by atoms with Gasteiger partial charge in [-0.05, 0) is 51.4 Å². The van der Waals surface area contributed by atoms with E-state index in [-0.39, 0.29) is 23.8 Å². The molecule has 2 aliphatic rings. The van der Waals surface area contributed by atoms with Gasteiger partial charge in [-0.1, -0.05) is 12.8 Å². The number of aryl methyl sites for hydroxylation is 2. The first kappa shape index (κ1) is 17.9. The molecule has 0 unspecified atom stereocenters. The van der Waals surface area contributed by atoms with Gasteiger partial charge in [0.15, 0.2) is 0 Å². The van der Waals surface area contributed by atoms with E-state index in [1.807, 2.05) is 6.92 Å². The highest BCUT2D eigenvalue weighted by molar-refractivity contribution is 5.91. The average Bonchev–Trinajstić information content (AvgIpc) is 3.18. The summed E-state index contributed by atoms with van der Waals surface area (Å²) in [5.74, 6) is 1.87. The largest absolute Gasteiger partial charge is 0.353 e. The second-order valence-electron chi connectivity index (χ2n) is 7.57. The molecule has 2 N–H and O–H groups in total. The van der Waals surface area contributed by atoms with Crippen molar-refractivity contribution in [2.75, 3.05) is 5.32 Å². The molecular formula is C18H29N5O2. The summed E-state index contributed by atoms with van der Waals surface area (Å²) in [4.78, 5) is 28.7. The molecule has 2 fully saturated rings. The molecule has 1 aromatic rings. The zero-order valence-electron chi connectivity index (χ0n) is 15.3. The van der Waals surface area contributed by atoms with Gasteiger partial charge in [-0.3, -0.25) is 19.6 Å². The molecule has 1 heterocycles. The van der Waals surface area contributed by atoms with Gasteiger partial charge in [-0.15, -0.1) is 5.10 Å². The van der Waals surface area contributed by atoms with Crippen LogP contribution in [0.4, 0.5) is 5.95 Å². The van der Waals surface area contributed by atoms with Crippen LogP contribution < -0.4 is 10.6 Å². The van der Waals surface area contributed by atoms with Crippen LogP contribution in [0.5, 0.6) is 0 Å². The predicted molar refractivity (Wildman–Crippen MR) is 94.8 cm³/mol. The van der Waals surface area contributed by atoms with Crippen molar-refractivity contribution in [2.45, 2.75) is 70.8 Å². The number of nitrogens with zero attached hydrogens (tertiary/aromatic N) is 3. The van der Waals surface area contributed by atoms with Gasteiger partial charge in [0.2, 0.25) is 17.8 Å². The van der Waals surface area contributed by atoms with E-state index in [0.29, 0.717) is 18.3 Å². The standard InChI is InChI=1S/C18H29N5O2/c1-12-19-18(22-23(12)2)21-17(25)14-7-9-15(10-8-14)20-16(24)11-13-5-3-4-6-13/h13-15H,3-11H2,1-2H3,(H,20,24)(H,21,22,25). The Morgan fingerprint density at radius 3 is 2.40 bits per heavy atom. The molecule has 0 aliphatic heterocycles. The summed E-state index contributed by atoms with van der Waals surface area (Å²) >= 11 is 0. The normalized spacial score (nSPS) is 24.2. The van der Waals surface area contributed by atoms with Crippen molar-refractivity contribution < 1.29 is 9.59 Å². The highest BCUT2D eigenvalue weighted by Crippen LogP contribution is 2.28. The maximum Gasteiger partial charge on any atom is 0.248 e. The van der Waals surface area contributed by atoms with Crippen LogP contribution in [0.1, 0.15) is 63.6 Å². The smallest absolute Gasteiger partial charge is 0.248 e. The minimum Gasteiger partial charge on any atom is -0.353 e. The van der Waals surface area contributed by atoms with Gasteiger partial charge in [-0.25, -0.2) is 0 Å². The monoisotopic (exact) mass is 347 g/mol. The first-order valence-corrected chi connectivity index (χ1v) is 9.49. The maximum atomic E-state index is 12.4. The number of amides is 2. The number of hydrogen-bond donors (Lipinski definition) is 2. The molecule has 1 aromatic heterocycles. The second kappa shape index (κ2) is 7.97. The van der Waals surface area contributed by atoms with Crippen LogP contribution in [0.2, 0.25) is 0 Å². The Hall–Kier alpha value is -1.92. The number of aromatic nitrogens is 3. The molecule has 2 saturated carbocycles. The van der Waals surface area contributed by atoms with Gasteiger partial charge in [0.1, 0.15) is 5.82 Å². The van der Waals surface area contributed by atoms with Crippen molar-refractivity contribution in [1.29, 1.82) is 0 Å². The molecule has 0 aromatic carbocycles. The van der Waals surface area contributed by atoms with Crippen LogP contribution >= 0.6 is 0 Å². The van der Waals surface area contributed by atoms with Crippen LogP contribution in [0.25, 0.3) is 0 Å². The zero-order valence-corrected chi connectivity index (χ0v) is 15.3. The minimum absolute atomic E-state index is 0.0127. The molecule has 0 saturated heterocycles. The van der Waals surface area contributed by atoms with Crippen molar-refractivity contribution in [3.63, 3.8) is 0 Å². The Morgan fingerprint density at radius 2 is 1.80 bits per heavy atom. The summed E-state index contributed by atoms with van der Waals surface area (Å²) in [6.07, 6.45) is 8.92. The van der Waals surface area contributed by atoms with Crippen molar-refractivity contribution >= 4 is 17.8 Å². The van der Waals surface area contributed by atoms with E-state index in [1.54, 1.807) is 11.7 Å². The molecule has 25 heavy (non-hydrogen) atoms. The predicted octanol–water partition coefficient (Wildman–Crippen LogP) is 2.32. The fourth-order valence-corrected chi connectivity index (χ4v) is 3.99. The molecule has 7 heteroatoms. The number of hydrogen-bond acceptors (Lipinski definition) is 4. The highest BCUT2D eigenvalue weighted by atomic mass is 16.2. The van der Waals surface area contributed by atoms with Gasteiger partial charge in [0.05, 0.1) is 0 Å². The molecule has 0 atom stereocenters. The summed E-state index contributed by atoms with van der Waals surface area (Å²) in [7, 11) is 1.80. The van der Waals surface area contributed by atoms with E-state index < -0.39 is 0 Å². The van der Waals surface area contributed by atoms with Crippen LogP contribution in [-0.4, -0.2) is 32.6 Å². The number of carbonyl (C=O) groups is 2. The van der Waals surface area contributed by atoms with Gasteiger partial charge >= 0.3 is 0 Å². The van der Waals surface area contributed by atoms with E-state index in [1.165, 1.54) is 25.7 Å². The third-order valence-electron chi connectivity index (χ3n) is 5.63. The molecule has 3 rings (SSSR count). The Kier molecular flexibility index (Phi) is 5.71. The lowest BCUT2D eigenvalue weighted by atomic mass is 9.85. The summed E-state index contributed by atoms with van der Waals surface area (Å²) in [5, 5.41) is 10.1. The summed E-state index contributed by atoms with van der Waals surface area (Å²) < 4.78 is 1.65. The Labute approximate surface area is 149 Å². The van der Waals surface area contributed by atoms with Gasteiger partial charge in [0, 0.05) is 25.4 Å². The second-order valence-corrected chi connectivity index (χ2v) is 7.57. The fourth-order valence-electron chi connectivity index (χ4n) is 3.99. The number of anilines is 1. The lowest BCUT2D eigenvalue weighted by Crippen LogP contribution is -2.40. The number of nitrogens with one attached hydrogen (secondary N) is 2. The number of carbonyl (C=O) groups excluding carboxylic acids is 2. The third kappa shape index (κ3) is 4.80. The van der Waals surface area contributed by atoms with Crippen LogP contribution in [0.3, 0.4) is 0 Å². The zero-order chi connectivity index (χ0) is 17.8. The van der Waals surface area contributed by atoms with E-state index in [0.717, 1.165) is 31.5 Å². The summed E-state index contributed by atoms with van der Waals surface area (Å²) in [6.45, 7) is 1.85. The van der Waals surface area contributed by atoms with Gasteiger partial charge in [-0.2, -0.15) is 4.98 Å². The maximum absolute atomic E-state index is 12.4. The highest BCUT2D eigenvalue weighted by Gasteiger charge is 2.28. The van der Waals surface area contributed by atoms with E-state index in [2.05, 4.69) is 20.7 Å².